The third-order valence-electron chi connectivity index (χ3n) is 5.09. The fourth-order valence-electron chi connectivity index (χ4n) is 3.43. The Hall–Kier alpha value is -1.84. The number of carbonyl (C=O) groups is 1. The van der Waals surface area contributed by atoms with Gasteiger partial charge in [0.25, 0.3) is 0 Å². The van der Waals surface area contributed by atoms with Crippen LogP contribution in [0.3, 0.4) is 0 Å². The maximum Gasteiger partial charge on any atom is 0.247 e. The lowest BCUT2D eigenvalue weighted by molar-refractivity contribution is -0.134. The van der Waals surface area contributed by atoms with Crippen LogP contribution in [0.2, 0.25) is 0 Å². The van der Waals surface area contributed by atoms with Crippen LogP contribution in [0.5, 0.6) is 5.75 Å². The average molecular weight is 414 g/mol. The Morgan fingerprint density at radius 2 is 1.89 bits per heavy atom. The molecule has 1 heterocycles. The molecule has 158 valence electrons. The first-order valence-corrected chi connectivity index (χ1v) is 11.2. The molecule has 0 saturated carbocycles. The van der Waals surface area contributed by atoms with E-state index in [1.807, 2.05) is 32.0 Å². The molecule has 1 amide bonds. The minimum absolute atomic E-state index is 0.199. The highest BCUT2D eigenvalue weighted by Gasteiger charge is 2.33. The molecule has 2 rings (SSSR count). The van der Waals surface area contributed by atoms with Gasteiger partial charge in [-0.25, -0.2) is 13.9 Å². The zero-order valence-corrected chi connectivity index (χ0v) is 17.8. The van der Waals surface area contributed by atoms with Gasteiger partial charge >= 0.3 is 0 Å². The number of aryl methyl sites for hydroxylation is 1. The van der Waals surface area contributed by atoms with E-state index in [4.69, 9.17) is 9.94 Å². The van der Waals surface area contributed by atoms with Gasteiger partial charge in [-0.15, -0.1) is 0 Å². The molecule has 28 heavy (non-hydrogen) atoms. The van der Waals surface area contributed by atoms with Crippen LogP contribution < -0.4 is 15.1 Å². The molecule has 1 unspecified atom stereocenters. The summed E-state index contributed by atoms with van der Waals surface area (Å²) < 4.78 is 32.5. The number of piperazine rings is 1. The number of sulfonamides is 1. The highest BCUT2D eigenvalue weighted by Crippen LogP contribution is 2.27. The molecule has 1 atom stereocenters. The van der Waals surface area contributed by atoms with E-state index in [2.05, 4.69) is 4.90 Å². The van der Waals surface area contributed by atoms with E-state index in [-0.39, 0.29) is 11.7 Å². The average Bonchev–Trinajstić information content (AvgIpc) is 2.66. The zero-order chi connectivity index (χ0) is 20.9. The van der Waals surface area contributed by atoms with Crippen molar-refractivity contribution in [1.82, 2.24) is 9.79 Å². The monoisotopic (exact) mass is 413 g/mol. The fraction of sp³-hybridized carbons (Fsp3) is 0.632. The molecule has 0 aliphatic carbocycles. The maximum atomic E-state index is 12.8. The molecule has 2 N–H and O–H groups in total. The largest absolute Gasteiger partial charge is 0.494 e. The molecule has 1 aromatic carbocycles. The smallest absolute Gasteiger partial charge is 0.247 e. The SMILES string of the molecule is CCOc1ccc(N2CCN(S(=O)(=O)CC(C(=O)NO)C(C)C)CC2)c(C)c1. The summed E-state index contributed by atoms with van der Waals surface area (Å²) in [6.45, 7) is 9.98. The molecule has 0 bridgehead atoms. The Morgan fingerprint density at radius 3 is 2.39 bits per heavy atom. The van der Waals surface area contributed by atoms with E-state index in [1.165, 1.54) is 4.31 Å². The Balaban J connectivity index is 2.03. The van der Waals surface area contributed by atoms with Crippen molar-refractivity contribution >= 4 is 21.6 Å². The summed E-state index contributed by atoms with van der Waals surface area (Å²) in [7, 11) is -3.60. The van der Waals surface area contributed by atoms with Gasteiger partial charge in [-0.2, -0.15) is 4.31 Å². The Bertz CT molecular complexity index is 774. The van der Waals surface area contributed by atoms with E-state index < -0.39 is 21.8 Å². The molecule has 1 aliphatic rings. The van der Waals surface area contributed by atoms with Crippen molar-refractivity contribution < 1.29 is 23.2 Å². The first kappa shape index (κ1) is 22.4. The van der Waals surface area contributed by atoms with Gasteiger partial charge in [-0.1, -0.05) is 13.8 Å². The minimum atomic E-state index is -3.60. The second-order valence-electron chi connectivity index (χ2n) is 7.37. The number of amides is 1. The minimum Gasteiger partial charge on any atom is -0.494 e. The third-order valence-corrected chi connectivity index (χ3v) is 7.03. The lowest BCUT2D eigenvalue weighted by atomic mass is 9.97. The van der Waals surface area contributed by atoms with Crippen LogP contribution in [0.1, 0.15) is 26.3 Å². The predicted octanol–water partition coefficient (Wildman–Crippen LogP) is 1.62. The van der Waals surface area contributed by atoms with Crippen molar-refractivity contribution in [3.05, 3.63) is 23.8 Å². The van der Waals surface area contributed by atoms with Crippen molar-refractivity contribution in [2.75, 3.05) is 43.4 Å². The molecule has 1 saturated heterocycles. The van der Waals surface area contributed by atoms with Crippen molar-refractivity contribution in [3.8, 4) is 5.75 Å². The molecule has 1 fully saturated rings. The van der Waals surface area contributed by atoms with Crippen LogP contribution in [-0.4, -0.2) is 62.4 Å². The molecule has 0 aromatic heterocycles. The maximum absolute atomic E-state index is 12.8. The van der Waals surface area contributed by atoms with Crippen LogP contribution in [0.25, 0.3) is 0 Å². The van der Waals surface area contributed by atoms with Gasteiger partial charge in [0.15, 0.2) is 0 Å². The van der Waals surface area contributed by atoms with Crippen molar-refractivity contribution in [2.24, 2.45) is 11.8 Å². The zero-order valence-electron chi connectivity index (χ0n) is 17.0. The van der Waals surface area contributed by atoms with E-state index in [1.54, 1.807) is 19.3 Å². The summed E-state index contributed by atoms with van der Waals surface area (Å²) in [5, 5.41) is 8.88. The van der Waals surface area contributed by atoms with Crippen LogP contribution in [0.4, 0.5) is 5.69 Å². The number of carbonyl (C=O) groups excluding carboxylic acids is 1. The van der Waals surface area contributed by atoms with E-state index >= 15 is 0 Å². The number of ether oxygens (including phenoxy) is 1. The van der Waals surface area contributed by atoms with Crippen molar-refractivity contribution in [3.63, 3.8) is 0 Å². The quantitative estimate of drug-likeness (QED) is 0.496. The summed E-state index contributed by atoms with van der Waals surface area (Å²) in [4.78, 5) is 14.0. The predicted molar refractivity (Wildman–Crippen MR) is 108 cm³/mol. The summed E-state index contributed by atoms with van der Waals surface area (Å²) in [6.07, 6.45) is 0. The summed E-state index contributed by atoms with van der Waals surface area (Å²) in [6, 6.07) is 5.92. The van der Waals surface area contributed by atoms with Crippen molar-refractivity contribution in [2.45, 2.75) is 27.7 Å². The number of nitrogens with one attached hydrogen (secondary N) is 1. The first-order valence-electron chi connectivity index (χ1n) is 9.59. The van der Waals surface area contributed by atoms with Gasteiger partial charge in [-0.05, 0) is 43.5 Å². The second-order valence-corrected chi connectivity index (χ2v) is 9.39. The number of hydrogen-bond acceptors (Lipinski definition) is 6. The number of hydroxylamine groups is 1. The van der Waals surface area contributed by atoms with Crippen LogP contribution in [0, 0.1) is 18.8 Å². The van der Waals surface area contributed by atoms with Gasteiger partial charge in [0, 0.05) is 31.9 Å². The first-order chi connectivity index (χ1) is 13.2. The standard InChI is InChI=1S/C19H31N3O5S/c1-5-27-16-6-7-18(15(4)12-16)21-8-10-22(11-9-21)28(25,26)13-17(14(2)3)19(23)20-24/h6-7,12,14,17,24H,5,8-11,13H2,1-4H3,(H,20,23). The summed E-state index contributed by atoms with van der Waals surface area (Å²) in [5.74, 6) is -1.13. The fourth-order valence-corrected chi connectivity index (χ4v) is 5.35. The molecule has 1 aromatic rings. The van der Waals surface area contributed by atoms with Gasteiger partial charge in [0.2, 0.25) is 15.9 Å². The van der Waals surface area contributed by atoms with Crippen LogP contribution in [0.15, 0.2) is 18.2 Å². The topological polar surface area (TPSA) is 99.2 Å². The second kappa shape index (κ2) is 9.58. The summed E-state index contributed by atoms with van der Waals surface area (Å²) >= 11 is 0. The molecule has 1 aliphatic heterocycles. The lowest BCUT2D eigenvalue weighted by Crippen LogP contribution is -2.51. The van der Waals surface area contributed by atoms with Gasteiger partial charge < -0.3 is 9.64 Å². The molecule has 0 spiro atoms. The number of anilines is 1. The normalized spacial score (nSPS) is 16.9. The van der Waals surface area contributed by atoms with Gasteiger partial charge in [0.05, 0.1) is 18.3 Å². The summed E-state index contributed by atoms with van der Waals surface area (Å²) in [5.41, 5.74) is 3.73. The number of nitrogens with zero attached hydrogens (tertiary/aromatic N) is 2. The number of benzene rings is 1. The van der Waals surface area contributed by atoms with E-state index in [9.17, 15) is 13.2 Å². The van der Waals surface area contributed by atoms with E-state index in [0.29, 0.717) is 32.8 Å². The molecular formula is C19H31N3O5S. The van der Waals surface area contributed by atoms with Crippen LogP contribution >= 0.6 is 0 Å². The van der Waals surface area contributed by atoms with Crippen molar-refractivity contribution in [1.29, 1.82) is 0 Å². The number of hydrogen-bond donors (Lipinski definition) is 2. The Kier molecular flexibility index (Phi) is 7.68. The molecule has 8 nitrogen and oxygen atoms in total. The van der Waals surface area contributed by atoms with E-state index in [0.717, 1.165) is 17.0 Å². The molecule has 9 heteroatoms. The third kappa shape index (κ3) is 5.36. The highest BCUT2D eigenvalue weighted by molar-refractivity contribution is 7.89. The lowest BCUT2D eigenvalue weighted by Gasteiger charge is -2.36. The molecule has 0 radical (unpaired) electrons. The molecular weight excluding hydrogens is 382 g/mol. The Morgan fingerprint density at radius 1 is 1.25 bits per heavy atom. The number of rotatable bonds is 8. The van der Waals surface area contributed by atoms with Gasteiger partial charge in [0.1, 0.15) is 5.75 Å². The highest BCUT2D eigenvalue weighted by atomic mass is 32.2. The Labute approximate surface area is 167 Å². The van der Waals surface area contributed by atoms with Crippen LogP contribution in [-0.2, 0) is 14.8 Å². The van der Waals surface area contributed by atoms with Gasteiger partial charge in [-0.3, -0.25) is 10.0 Å².